The molecule has 0 aliphatic carbocycles. The molecular weight excluding hydrogens is 421 g/mol. The molecule has 5 rings (SSSR count). The average Bonchev–Trinajstić information content (AvgIpc) is 3.27. The number of halogens is 1. The van der Waals surface area contributed by atoms with Crippen molar-refractivity contribution in [2.45, 2.75) is 19.9 Å². The van der Waals surface area contributed by atoms with E-state index in [-0.39, 0.29) is 6.04 Å². The van der Waals surface area contributed by atoms with Gasteiger partial charge in [-0.3, -0.25) is 0 Å². The van der Waals surface area contributed by atoms with Crippen LogP contribution < -0.4 is 5.32 Å². The van der Waals surface area contributed by atoms with Crippen molar-refractivity contribution in [3.8, 4) is 22.4 Å². The van der Waals surface area contributed by atoms with Gasteiger partial charge in [0.05, 0.1) is 21.4 Å². The van der Waals surface area contributed by atoms with Crippen LogP contribution >= 0.6 is 11.3 Å². The van der Waals surface area contributed by atoms with E-state index in [1.807, 2.05) is 42.8 Å². The molecule has 32 heavy (non-hydrogen) atoms. The van der Waals surface area contributed by atoms with Gasteiger partial charge >= 0.3 is 0 Å². The molecule has 0 radical (unpaired) electrons. The van der Waals surface area contributed by atoms with Crippen LogP contribution in [0.25, 0.3) is 32.6 Å². The molecule has 3 aromatic heterocycles. The van der Waals surface area contributed by atoms with E-state index in [1.54, 1.807) is 23.6 Å². The predicted molar refractivity (Wildman–Crippen MR) is 127 cm³/mol. The Balaban J connectivity index is 1.41. The van der Waals surface area contributed by atoms with Crippen LogP contribution in [0.15, 0.2) is 72.4 Å². The van der Waals surface area contributed by atoms with E-state index < -0.39 is 5.95 Å². The number of fused-ring (bicyclic) bond motifs is 1. The smallest absolute Gasteiger partial charge is 0.212 e. The molecule has 3 heterocycles. The molecule has 0 amide bonds. The predicted octanol–water partition coefficient (Wildman–Crippen LogP) is 6.44. The number of anilines is 1. The normalized spacial score (nSPS) is 12.1. The van der Waals surface area contributed by atoms with Crippen molar-refractivity contribution in [1.82, 2.24) is 19.9 Å². The van der Waals surface area contributed by atoms with Gasteiger partial charge in [-0.25, -0.2) is 19.9 Å². The van der Waals surface area contributed by atoms with E-state index in [2.05, 4.69) is 50.4 Å². The van der Waals surface area contributed by atoms with Gasteiger partial charge in [0.15, 0.2) is 0 Å². The van der Waals surface area contributed by atoms with Gasteiger partial charge in [0.2, 0.25) is 5.95 Å². The zero-order valence-corrected chi connectivity index (χ0v) is 18.4. The van der Waals surface area contributed by atoms with Crippen molar-refractivity contribution in [2.75, 3.05) is 5.32 Å². The summed E-state index contributed by atoms with van der Waals surface area (Å²) in [7, 11) is 0. The molecule has 158 valence electrons. The summed E-state index contributed by atoms with van der Waals surface area (Å²) in [6.07, 6.45) is 1.55. The minimum atomic E-state index is -0.482. The second-order valence-corrected chi connectivity index (χ2v) is 8.47. The maximum absolute atomic E-state index is 13.2. The van der Waals surface area contributed by atoms with Gasteiger partial charge in [-0.2, -0.15) is 4.39 Å². The standard InChI is InChI=1S/C25H20FN5S/c1-15(17-4-3-5-18(10-17)20-7-9-24(26)27-13-20)29-25-12-22(30-16(2)31-25)19-6-8-21-23(11-19)32-14-28-21/h3-15H,1-2H3,(H,29,30,31)/t15-/m0/s1. The number of benzene rings is 2. The van der Waals surface area contributed by atoms with E-state index in [1.165, 1.54) is 6.07 Å². The summed E-state index contributed by atoms with van der Waals surface area (Å²) in [6.45, 7) is 3.98. The Morgan fingerprint density at radius 1 is 0.906 bits per heavy atom. The number of nitrogens with zero attached hydrogens (tertiary/aromatic N) is 4. The van der Waals surface area contributed by atoms with Crippen molar-refractivity contribution in [1.29, 1.82) is 0 Å². The highest BCUT2D eigenvalue weighted by molar-refractivity contribution is 7.16. The van der Waals surface area contributed by atoms with Gasteiger partial charge < -0.3 is 5.32 Å². The van der Waals surface area contributed by atoms with Crippen LogP contribution in [0.5, 0.6) is 0 Å². The van der Waals surface area contributed by atoms with Crippen LogP contribution in [0, 0.1) is 12.9 Å². The van der Waals surface area contributed by atoms with E-state index >= 15 is 0 Å². The quantitative estimate of drug-likeness (QED) is 0.318. The fourth-order valence-corrected chi connectivity index (χ4v) is 4.36. The number of thiazole rings is 1. The highest BCUT2D eigenvalue weighted by Crippen LogP contribution is 2.28. The third-order valence-corrected chi connectivity index (χ3v) is 6.07. The number of aromatic nitrogens is 4. The zero-order chi connectivity index (χ0) is 22.1. The molecule has 0 aliphatic rings. The molecule has 2 aromatic carbocycles. The molecule has 7 heteroatoms. The van der Waals surface area contributed by atoms with E-state index in [0.717, 1.165) is 44.0 Å². The fourth-order valence-electron chi connectivity index (χ4n) is 3.64. The van der Waals surface area contributed by atoms with Gasteiger partial charge in [0.1, 0.15) is 11.6 Å². The number of pyridine rings is 1. The molecule has 0 fully saturated rings. The topological polar surface area (TPSA) is 63.6 Å². The summed E-state index contributed by atoms with van der Waals surface area (Å²) in [6, 6.07) is 19.4. The number of nitrogens with one attached hydrogen (secondary N) is 1. The maximum atomic E-state index is 13.2. The number of rotatable bonds is 5. The maximum Gasteiger partial charge on any atom is 0.212 e. The minimum absolute atomic E-state index is 0.00878. The molecule has 5 nitrogen and oxygen atoms in total. The van der Waals surface area contributed by atoms with Crippen molar-refractivity contribution >= 4 is 27.4 Å². The van der Waals surface area contributed by atoms with Crippen LogP contribution in [-0.4, -0.2) is 19.9 Å². The van der Waals surface area contributed by atoms with Gasteiger partial charge in [-0.05, 0) is 55.3 Å². The number of aryl methyl sites for hydroxylation is 1. The summed E-state index contributed by atoms with van der Waals surface area (Å²) in [5.41, 5.74) is 7.70. The van der Waals surface area contributed by atoms with Crippen LogP contribution in [0.4, 0.5) is 10.2 Å². The Kier molecular flexibility index (Phi) is 5.33. The van der Waals surface area contributed by atoms with Gasteiger partial charge in [-0.15, -0.1) is 11.3 Å². The Bertz CT molecular complexity index is 1400. The average molecular weight is 442 g/mol. The summed E-state index contributed by atoms with van der Waals surface area (Å²) in [4.78, 5) is 17.3. The molecule has 1 N–H and O–H groups in total. The van der Waals surface area contributed by atoms with Crippen molar-refractivity contribution in [2.24, 2.45) is 0 Å². The van der Waals surface area contributed by atoms with Crippen LogP contribution in [0.3, 0.4) is 0 Å². The molecule has 0 bridgehead atoms. The zero-order valence-electron chi connectivity index (χ0n) is 17.6. The molecule has 0 saturated heterocycles. The Labute approximate surface area is 189 Å². The van der Waals surface area contributed by atoms with E-state index in [4.69, 9.17) is 0 Å². The van der Waals surface area contributed by atoms with Crippen molar-refractivity contribution < 1.29 is 4.39 Å². The molecule has 0 aliphatic heterocycles. The summed E-state index contributed by atoms with van der Waals surface area (Å²) in [5.74, 6) is 0.982. The largest absolute Gasteiger partial charge is 0.363 e. The van der Waals surface area contributed by atoms with Crippen molar-refractivity contribution in [3.05, 3.63) is 89.7 Å². The van der Waals surface area contributed by atoms with Gasteiger partial charge in [0, 0.05) is 29.4 Å². The summed E-state index contributed by atoms with van der Waals surface area (Å²) >= 11 is 1.62. The monoisotopic (exact) mass is 441 g/mol. The van der Waals surface area contributed by atoms with E-state index in [0.29, 0.717) is 5.82 Å². The van der Waals surface area contributed by atoms with Gasteiger partial charge in [-0.1, -0.05) is 24.3 Å². The Morgan fingerprint density at radius 2 is 1.78 bits per heavy atom. The molecule has 0 saturated carbocycles. The lowest BCUT2D eigenvalue weighted by atomic mass is 10.0. The van der Waals surface area contributed by atoms with Crippen molar-refractivity contribution in [3.63, 3.8) is 0 Å². The lowest BCUT2D eigenvalue weighted by Gasteiger charge is -2.17. The first-order chi connectivity index (χ1) is 15.5. The highest BCUT2D eigenvalue weighted by atomic mass is 32.1. The first-order valence-corrected chi connectivity index (χ1v) is 11.1. The van der Waals surface area contributed by atoms with E-state index in [9.17, 15) is 4.39 Å². The molecule has 5 aromatic rings. The first-order valence-electron chi connectivity index (χ1n) is 10.2. The lowest BCUT2D eigenvalue weighted by Crippen LogP contribution is -2.09. The second kappa shape index (κ2) is 8.43. The van der Waals surface area contributed by atoms with Crippen LogP contribution in [0.1, 0.15) is 24.4 Å². The molecule has 1 atom stereocenters. The Hall–Kier alpha value is -3.71. The van der Waals surface area contributed by atoms with Crippen LogP contribution in [-0.2, 0) is 0 Å². The van der Waals surface area contributed by atoms with Gasteiger partial charge in [0.25, 0.3) is 0 Å². The number of hydrogen-bond acceptors (Lipinski definition) is 6. The third kappa shape index (κ3) is 4.20. The first kappa shape index (κ1) is 20.2. The minimum Gasteiger partial charge on any atom is -0.363 e. The number of hydrogen-bond donors (Lipinski definition) is 1. The molecule has 0 unspecified atom stereocenters. The second-order valence-electron chi connectivity index (χ2n) is 7.58. The fraction of sp³-hybridized carbons (Fsp3) is 0.120. The SMILES string of the molecule is Cc1nc(N[C@@H](C)c2cccc(-c3ccc(F)nc3)c2)cc(-c2ccc3ncsc3c2)n1. The summed E-state index contributed by atoms with van der Waals surface area (Å²) < 4.78 is 14.3. The Morgan fingerprint density at radius 3 is 2.62 bits per heavy atom. The lowest BCUT2D eigenvalue weighted by molar-refractivity contribution is 0.584. The molecule has 0 spiro atoms. The highest BCUT2D eigenvalue weighted by Gasteiger charge is 2.11. The van der Waals surface area contributed by atoms with Crippen LogP contribution in [0.2, 0.25) is 0 Å². The third-order valence-electron chi connectivity index (χ3n) is 5.28. The summed E-state index contributed by atoms with van der Waals surface area (Å²) in [5, 5.41) is 3.49. The molecular formula is C25H20FN5S.